The molecule has 4 heteroatoms. The molecule has 19 heavy (non-hydrogen) atoms. The Bertz CT molecular complexity index is 488. The van der Waals surface area contributed by atoms with Gasteiger partial charge in [-0.1, -0.05) is 17.7 Å². The second-order valence-electron chi connectivity index (χ2n) is 4.61. The highest BCUT2D eigenvalue weighted by molar-refractivity contribution is 7.80. The molecule has 3 aliphatic rings. The van der Waals surface area contributed by atoms with E-state index in [1.165, 1.54) is 31.2 Å². The maximum Gasteiger partial charge on any atom is 0.266 e. The van der Waals surface area contributed by atoms with Crippen molar-refractivity contribution in [1.29, 1.82) is 0 Å². The Kier molecular flexibility index (Phi) is 5.23. The second kappa shape index (κ2) is 6.92. The monoisotopic (exact) mass is 295 g/mol. The SMILES string of the molecule is CCl.S=C1NC2=C/C=C\CC3=C(/C=C(\C2)O1)CCC3. The number of halogens is 1. The zero-order valence-corrected chi connectivity index (χ0v) is 12.6. The van der Waals surface area contributed by atoms with Crippen LogP contribution in [-0.4, -0.2) is 11.6 Å². The molecule has 0 aromatic heterocycles. The van der Waals surface area contributed by atoms with Crippen molar-refractivity contribution in [3.8, 4) is 0 Å². The number of alkyl halides is 1. The normalized spacial score (nSPS) is 25.7. The fourth-order valence-corrected chi connectivity index (χ4v) is 2.79. The molecule has 0 aromatic rings. The van der Waals surface area contributed by atoms with Gasteiger partial charge in [0.2, 0.25) is 0 Å². The van der Waals surface area contributed by atoms with Crippen molar-refractivity contribution in [1.82, 2.24) is 5.32 Å². The van der Waals surface area contributed by atoms with Gasteiger partial charge in [-0.2, -0.15) is 0 Å². The lowest BCUT2D eigenvalue weighted by Crippen LogP contribution is -2.28. The molecule has 102 valence electrons. The minimum Gasteiger partial charge on any atom is -0.436 e. The molecule has 0 amide bonds. The lowest BCUT2D eigenvalue weighted by Gasteiger charge is -2.21. The molecule has 1 N–H and O–H groups in total. The first-order valence-corrected chi connectivity index (χ1v) is 7.61. The molecular formula is C15H18ClNOS. The van der Waals surface area contributed by atoms with Gasteiger partial charge >= 0.3 is 0 Å². The minimum absolute atomic E-state index is 0.461. The van der Waals surface area contributed by atoms with Crippen LogP contribution in [0.15, 0.2) is 46.9 Å². The maximum absolute atomic E-state index is 5.58. The average Bonchev–Trinajstić information content (AvgIpc) is 2.84. The molecule has 2 nitrogen and oxygen atoms in total. The number of thiocarbonyl (C=S) groups is 1. The Morgan fingerprint density at radius 3 is 3.00 bits per heavy atom. The van der Waals surface area contributed by atoms with Gasteiger partial charge in [0.05, 0.1) is 0 Å². The molecule has 0 atom stereocenters. The summed E-state index contributed by atoms with van der Waals surface area (Å²) in [6.07, 6.45) is 15.6. The third kappa shape index (κ3) is 3.71. The maximum atomic E-state index is 5.58. The van der Waals surface area contributed by atoms with E-state index in [1.54, 1.807) is 5.57 Å². The molecule has 0 saturated carbocycles. The lowest BCUT2D eigenvalue weighted by atomic mass is 10.0. The van der Waals surface area contributed by atoms with Crippen LogP contribution in [0.3, 0.4) is 0 Å². The van der Waals surface area contributed by atoms with Crippen molar-refractivity contribution in [3.63, 3.8) is 0 Å². The van der Waals surface area contributed by atoms with Crippen LogP contribution >= 0.6 is 23.8 Å². The number of rotatable bonds is 0. The highest BCUT2D eigenvalue weighted by Crippen LogP contribution is 2.32. The first-order valence-electron chi connectivity index (χ1n) is 6.45. The van der Waals surface area contributed by atoms with Crippen LogP contribution in [0.25, 0.3) is 0 Å². The summed E-state index contributed by atoms with van der Waals surface area (Å²) in [5, 5.41) is 3.55. The zero-order valence-electron chi connectivity index (χ0n) is 11.0. The summed E-state index contributed by atoms with van der Waals surface area (Å²) in [4.78, 5) is 0. The van der Waals surface area contributed by atoms with E-state index in [9.17, 15) is 0 Å². The Morgan fingerprint density at radius 1 is 1.32 bits per heavy atom. The van der Waals surface area contributed by atoms with Crippen molar-refractivity contribution >= 4 is 29.0 Å². The Labute approximate surface area is 124 Å². The van der Waals surface area contributed by atoms with Crippen LogP contribution in [0, 0.1) is 0 Å². The van der Waals surface area contributed by atoms with Gasteiger partial charge in [0, 0.05) is 18.5 Å². The van der Waals surface area contributed by atoms with Crippen LogP contribution in [-0.2, 0) is 4.74 Å². The summed E-state index contributed by atoms with van der Waals surface area (Å²) < 4.78 is 5.58. The summed E-state index contributed by atoms with van der Waals surface area (Å²) in [5.41, 5.74) is 4.13. The number of hydrogen-bond acceptors (Lipinski definition) is 2. The summed E-state index contributed by atoms with van der Waals surface area (Å²) >= 11 is 9.75. The van der Waals surface area contributed by atoms with E-state index in [0.29, 0.717) is 5.17 Å². The molecule has 1 fully saturated rings. The summed E-state index contributed by atoms with van der Waals surface area (Å²) in [5.74, 6) is 0.977. The highest BCUT2D eigenvalue weighted by Gasteiger charge is 2.18. The van der Waals surface area contributed by atoms with E-state index in [0.717, 1.165) is 24.3 Å². The largest absolute Gasteiger partial charge is 0.436 e. The van der Waals surface area contributed by atoms with E-state index >= 15 is 0 Å². The van der Waals surface area contributed by atoms with E-state index in [-0.39, 0.29) is 0 Å². The molecule has 1 aliphatic heterocycles. The fourth-order valence-electron chi connectivity index (χ4n) is 2.55. The summed E-state index contributed by atoms with van der Waals surface area (Å²) in [6, 6.07) is 0. The van der Waals surface area contributed by atoms with Crippen LogP contribution < -0.4 is 5.32 Å². The smallest absolute Gasteiger partial charge is 0.266 e. The minimum atomic E-state index is 0.461. The quantitative estimate of drug-likeness (QED) is 0.530. The predicted octanol–water partition coefficient (Wildman–Crippen LogP) is 4.34. The fraction of sp³-hybridized carbons (Fsp3) is 0.400. The van der Waals surface area contributed by atoms with Crippen LogP contribution in [0.5, 0.6) is 0 Å². The van der Waals surface area contributed by atoms with Gasteiger partial charge in [0.1, 0.15) is 5.76 Å². The van der Waals surface area contributed by atoms with E-state index < -0.39 is 0 Å². The molecule has 1 saturated heterocycles. The summed E-state index contributed by atoms with van der Waals surface area (Å²) in [7, 11) is 0. The molecule has 3 rings (SSSR count). The van der Waals surface area contributed by atoms with Crippen molar-refractivity contribution < 1.29 is 4.74 Å². The first kappa shape index (κ1) is 14.4. The van der Waals surface area contributed by atoms with Crippen molar-refractivity contribution in [2.24, 2.45) is 0 Å². The Morgan fingerprint density at radius 2 is 2.16 bits per heavy atom. The standard InChI is InChI=1S/C14H15NOS.CH3Cl/c17-14-15-12-7-2-1-4-10-5-3-6-11(10)8-13(9-12)16-14;1-2/h1-2,7-8H,3-6,9H2,(H,15,17);1H3/b2-1-,12-7?,13-8+;. The lowest BCUT2D eigenvalue weighted by molar-refractivity contribution is 0.374. The second-order valence-corrected chi connectivity index (χ2v) is 4.98. The van der Waals surface area contributed by atoms with Crippen LogP contribution in [0.2, 0.25) is 0 Å². The first-order chi connectivity index (χ1) is 9.31. The number of nitrogens with one attached hydrogen (secondary N) is 1. The molecule has 0 radical (unpaired) electrons. The van der Waals surface area contributed by atoms with Crippen LogP contribution in [0.4, 0.5) is 0 Å². The van der Waals surface area contributed by atoms with Gasteiger partial charge in [-0.15, -0.1) is 11.6 Å². The van der Waals surface area contributed by atoms with Gasteiger partial charge in [-0.25, -0.2) is 0 Å². The molecule has 0 unspecified atom stereocenters. The van der Waals surface area contributed by atoms with Gasteiger partial charge in [-0.05, 0) is 55.6 Å². The number of fused-ring (bicyclic) bond motifs is 2. The van der Waals surface area contributed by atoms with Crippen molar-refractivity contribution in [3.05, 3.63) is 46.9 Å². The highest BCUT2D eigenvalue weighted by atomic mass is 35.5. The molecule has 2 aliphatic carbocycles. The molecule has 0 spiro atoms. The molecular weight excluding hydrogens is 278 g/mol. The summed E-state index contributed by atoms with van der Waals surface area (Å²) in [6.45, 7) is 0. The third-order valence-corrected chi connectivity index (χ3v) is 3.55. The topological polar surface area (TPSA) is 21.3 Å². The van der Waals surface area contributed by atoms with E-state index in [2.05, 4.69) is 41.2 Å². The number of allylic oxidation sites excluding steroid dienone is 6. The average molecular weight is 296 g/mol. The Balaban J connectivity index is 0.000000637. The Hall–Kier alpha value is -1.06. The number of hydrogen-bond donors (Lipinski definition) is 1. The molecule has 2 bridgehead atoms. The van der Waals surface area contributed by atoms with Gasteiger partial charge < -0.3 is 10.1 Å². The van der Waals surface area contributed by atoms with Crippen molar-refractivity contribution in [2.45, 2.75) is 32.1 Å². The molecule has 0 aromatic carbocycles. The third-order valence-electron chi connectivity index (χ3n) is 3.36. The predicted molar refractivity (Wildman–Crippen MR) is 84.0 cm³/mol. The zero-order chi connectivity index (χ0) is 13.7. The van der Waals surface area contributed by atoms with Gasteiger partial charge in [0.15, 0.2) is 0 Å². The molecule has 1 heterocycles. The van der Waals surface area contributed by atoms with Gasteiger partial charge in [0.25, 0.3) is 5.17 Å². The van der Waals surface area contributed by atoms with Gasteiger partial charge in [-0.3, -0.25) is 0 Å². The van der Waals surface area contributed by atoms with Crippen molar-refractivity contribution in [2.75, 3.05) is 6.38 Å². The van der Waals surface area contributed by atoms with Crippen LogP contribution in [0.1, 0.15) is 32.1 Å². The van der Waals surface area contributed by atoms with E-state index in [4.69, 9.17) is 17.0 Å². The van der Waals surface area contributed by atoms with E-state index in [1.807, 2.05) is 0 Å². The number of ether oxygens (including phenoxy) is 1.